The van der Waals surface area contributed by atoms with E-state index in [2.05, 4.69) is 15.9 Å². The van der Waals surface area contributed by atoms with Crippen LogP contribution in [0.15, 0.2) is 59.3 Å². The molecule has 20 heavy (non-hydrogen) atoms. The molecule has 0 saturated heterocycles. The quantitative estimate of drug-likeness (QED) is 0.535. The van der Waals surface area contributed by atoms with Crippen LogP contribution in [-0.2, 0) is 6.54 Å². The van der Waals surface area contributed by atoms with E-state index in [9.17, 15) is 4.79 Å². The SMILES string of the molecule is Cc1c[n+]2ccccc2n1CC(=O)c1cccc(Br)c1. The molecule has 2 heterocycles. The molecular formula is C16H14BrN2O+. The number of ketones is 1. The van der Waals surface area contributed by atoms with Gasteiger partial charge in [-0.3, -0.25) is 4.79 Å². The lowest BCUT2D eigenvalue weighted by Gasteiger charge is -2.01. The van der Waals surface area contributed by atoms with Gasteiger partial charge in [0.25, 0.3) is 5.65 Å². The Morgan fingerprint density at radius 3 is 2.90 bits per heavy atom. The van der Waals surface area contributed by atoms with Crippen molar-refractivity contribution in [3.63, 3.8) is 0 Å². The van der Waals surface area contributed by atoms with E-state index in [-0.39, 0.29) is 5.78 Å². The summed E-state index contributed by atoms with van der Waals surface area (Å²) in [5.41, 5.74) is 2.81. The Morgan fingerprint density at radius 1 is 1.25 bits per heavy atom. The second-order valence-corrected chi connectivity index (χ2v) is 5.67. The second-order valence-electron chi connectivity index (χ2n) is 4.76. The number of hydrogen-bond acceptors (Lipinski definition) is 1. The number of hydrogen-bond donors (Lipinski definition) is 0. The summed E-state index contributed by atoms with van der Waals surface area (Å²) < 4.78 is 4.99. The Bertz CT molecular complexity index is 792. The van der Waals surface area contributed by atoms with E-state index in [4.69, 9.17) is 0 Å². The number of benzene rings is 1. The highest BCUT2D eigenvalue weighted by Crippen LogP contribution is 2.14. The summed E-state index contributed by atoms with van der Waals surface area (Å²) in [6.45, 7) is 2.37. The number of nitrogens with zero attached hydrogens (tertiary/aromatic N) is 2. The minimum atomic E-state index is 0.108. The Kier molecular flexibility index (Phi) is 3.40. The lowest BCUT2D eigenvalue weighted by atomic mass is 10.1. The van der Waals surface area contributed by atoms with Crippen LogP contribution >= 0.6 is 15.9 Å². The Morgan fingerprint density at radius 2 is 2.10 bits per heavy atom. The van der Waals surface area contributed by atoms with Crippen molar-refractivity contribution in [2.24, 2.45) is 0 Å². The highest BCUT2D eigenvalue weighted by molar-refractivity contribution is 9.10. The van der Waals surface area contributed by atoms with Gasteiger partial charge in [-0.15, -0.1) is 0 Å². The fraction of sp³-hybridized carbons (Fsp3) is 0.125. The first-order valence-corrected chi connectivity index (χ1v) is 7.19. The zero-order valence-corrected chi connectivity index (χ0v) is 12.7. The van der Waals surface area contributed by atoms with Gasteiger partial charge in [-0.2, -0.15) is 0 Å². The first-order chi connectivity index (χ1) is 9.65. The number of rotatable bonds is 3. The predicted molar refractivity (Wildman–Crippen MR) is 80.8 cm³/mol. The minimum Gasteiger partial charge on any atom is -0.290 e. The van der Waals surface area contributed by atoms with Gasteiger partial charge in [0.15, 0.2) is 6.54 Å². The Labute approximate surface area is 125 Å². The summed E-state index contributed by atoms with van der Waals surface area (Å²) in [4.78, 5) is 12.4. The number of carbonyl (C=O) groups is 1. The standard InChI is InChI=1S/C16H14BrN2O/c1-12-10-18-8-3-2-7-16(18)19(12)11-15(20)13-5-4-6-14(17)9-13/h2-10H,11H2,1H3/q+1. The number of Topliss-reactive ketones (excluding diaryl/α,β-unsaturated/α-hetero) is 1. The van der Waals surface area contributed by atoms with Gasteiger partial charge in [-0.25, -0.2) is 8.97 Å². The summed E-state index contributed by atoms with van der Waals surface area (Å²) in [6.07, 6.45) is 4.02. The second kappa shape index (κ2) is 5.21. The molecule has 3 rings (SSSR count). The summed E-state index contributed by atoms with van der Waals surface area (Å²) in [7, 11) is 0. The third-order valence-electron chi connectivity index (χ3n) is 3.34. The minimum absolute atomic E-state index is 0.108. The van der Waals surface area contributed by atoms with Crippen LogP contribution in [0.3, 0.4) is 0 Å². The number of imidazole rings is 1. The van der Waals surface area contributed by atoms with Crippen molar-refractivity contribution in [3.8, 4) is 0 Å². The third-order valence-corrected chi connectivity index (χ3v) is 3.84. The van der Waals surface area contributed by atoms with Crippen LogP contribution in [0.2, 0.25) is 0 Å². The molecule has 100 valence electrons. The molecule has 3 aromatic rings. The van der Waals surface area contributed by atoms with E-state index in [0.717, 1.165) is 21.4 Å². The van der Waals surface area contributed by atoms with E-state index in [1.165, 1.54) is 0 Å². The van der Waals surface area contributed by atoms with Crippen molar-refractivity contribution < 1.29 is 9.20 Å². The van der Waals surface area contributed by atoms with Crippen LogP contribution in [-0.4, -0.2) is 10.4 Å². The van der Waals surface area contributed by atoms with Crippen LogP contribution < -0.4 is 4.40 Å². The highest BCUT2D eigenvalue weighted by atomic mass is 79.9. The Balaban J connectivity index is 1.97. The summed E-state index contributed by atoms with van der Waals surface area (Å²) in [5.74, 6) is 0.108. The summed E-state index contributed by atoms with van der Waals surface area (Å²) in [6, 6.07) is 13.5. The summed E-state index contributed by atoms with van der Waals surface area (Å²) in [5, 5.41) is 0. The topological polar surface area (TPSA) is 26.1 Å². The average molecular weight is 330 g/mol. The number of halogens is 1. The number of aryl methyl sites for hydroxylation is 1. The van der Waals surface area contributed by atoms with Gasteiger partial charge >= 0.3 is 0 Å². The van der Waals surface area contributed by atoms with E-state index in [1.807, 2.05) is 70.7 Å². The van der Waals surface area contributed by atoms with Crippen molar-refractivity contribution in [3.05, 3.63) is 70.6 Å². The molecule has 0 fully saturated rings. The molecule has 0 spiro atoms. The Hall–Kier alpha value is -1.94. The maximum atomic E-state index is 12.4. The van der Waals surface area contributed by atoms with Crippen LogP contribution in [0, 0.1) is 6.92 Å². The number of aromatic nitrogens is 2. The molecule has 0 saturated carbocycles. The van der Waals surface area contributed by atoms with Crippen molar-refractivity contribution in [1.29, 1.82) is 0 Å². The van der Waals surface area contributed by atoms with Crippen LogP contribution in [0.1, 0.15) is 16.1 Å². The van der Waals surface area contributed by atoms with Crippen LogP contribution in [0.25, 0.3) is 5.65 Å². The molecule has 4 heteroatoms. The number of carbonyl (C=O) groups excluding carboxylic acids is 1. The van der Waals surface area contributed by atoms with Gasteiger partial charge < -0.3 is 0 Å². The van der Waals surface area contributed by atoms with Crippen molar-refractivity contribution >= 4 is 27.4 Å². The molecule has 0 aliphatic carbocycles. The molecular weight excluding hydrogens is 316 g/mol. The zero-order valence-electron chi connectivity index (χ0n) is 11.1. The molecule has 2 aromatic heterocycles. The van der Waals surface area contributed by atoms with Gasteiger partial charge in [0.1, 0.15) is 11.9 Å². The fourth-order valence-electron chi connectivity index (χ4n) is 2.34. The van der Waals surface area contributed by atoms with E-state index in [0.29, 0.717) is 6.54 Å². The molecule has 0 aliphatic rings. The number of fused-ring (bicyclic) bond motifs is 1. The third kappa shape index (κ3) is 2.39. The van der Waals surface area contributed by atoms with Crippen molar-refractivity contribution in [1.82, 2.24) is 4.57 Å². The lowest BCUT2D eigenvalue weighted by molar-refractivity contribution is -0.510. The molecule has 0 amide bonds. The molecule has 0 atom stereocenters. The molecule has 0 aliphatic heterocycles. The maximum Gasteiger partial charge on any atom is 0.286 e. The van der Waals surface area contributed by atoms with Gasteiger partial charge in [0.2, 0.25) is 5.78 Å². The first-order valence-electron chi connectivity index (χ1n) is 6.40. The highest BCUT2D eigenvalue weighted by Gasteiger charge is 2.17. The molecule has 0 unspecified atom stereocenters. The fourth-order valence-corrected chi connectivity index (χ4v) is 2.74. The molecule has 0 bridgehead atoms. The van der Waals surface area contributed by atoms with E-state index >= 15 is 0 Å². The summed E-state index contributed by atoms with van der Waals surface area (Å²) >= 11 is 3.40. The normalized spacial score (nSPS) is 10.9. The predicted octanol–water partition coefficient (Wildman–Crippen LogP) is 3.18. The average Bonchev–Trinajstić information content (AvgIpc) is 2.75. The van der Waals surface area contributed by atoms with Crippen molar-refractivity contribution in [2.75, 3.05) is 0 Å². The van der Waals surface area contributed by atoms with E-state index < -0.39 is 0 Å². The van der Waals surface area contributed by atoms with E-state index in [1.54, 1.807) is 0 Å². The van der Waals surface area contributed by atoms with Crippen LogP contribution in [0.5, 0.6) is 0 Å². The zero-order chi connectivity index (χ0) is 14.1. The molecule has 1 aromatic carbocycles. The van der Waals surface area contributed by atoms with Gasteiger partial charge in [-0.05, 0) is 18.2 Å². The monoisotopic (exact) mass is 329 g/mol. The molecule has 0 radical (unpaired) electrons. The van der Waals surface area contributed by atoms with Crippen LogP contribution in [0.4, 0.5) is 0 Å². The lowest BCUT2D eigenvalue weighted by Crippen LogP contribution is -2.19. The van der Waals surface area contributed by atoms with Gasteiger partial charge in [0, 0.05) is 23.0 Å². The molecule has 3 nitrogen and oxygen atoms in total. The van der Waals surface area contributed by atoms with Crippen molar-refractivity contribution in [2.45, 2.75) is 13.5 Å². The van der Waals surface area contributed by atoms with Gasteiger partial charge in [-0.1, -0.05) is 34.1 Å². The largest absolute Gasteiger partial charge is 0.290 e. The maximum absolute atomic E-state index is 12.4. The smallest absolute Gasteiger partial charge is 0.286 e. The van der Waals surface area contributed by atoms with Gasteiger partial charge in [0.05, 0.1) is 6.20 Å². The first kappa shape index (κ1) is 13.1. The molecule has 0 N–H and O–H groups in total. The number of pyridine rings is 1.